The molecule has 0 saturated carbocycles. The second kappa shape index (κ2) is 5.49. The Kier molecular flexibility index (Phi) is 3.25. The summed E-state index contributed by atoms with van der Waals surface area (Å²) in [7, 11) is 0. The lowest BCUT2D eigenvalue weighted by atomic mass is 9.82. The van der Waals surface area contributed by atoms with E-state index in [2.05, 4.69) is 18.2 Å². The Labute approximate surface area is 149 Å². The van der Waals surface area contributed by atoms with Gasteiger partial charge in [-0.2, -0.15) is 0 Å². The lowest BCUT2D eigenvalue weighted by molar-refractivity contribution is -0.125. The molecule has 3 aliphatic rings. The van der Waals surface area contributed by atoms with Crippen molar-refractivity contribution in [2.24, 2.45) is 4.99 Å². The van der Waals surface area contributed by atoms with Crippen LogP contribution in [0.4, 0.5) is 0 Å². The number of carbonyl (C=O) groups excluding carboxylic acids is 1. The van der Waals surface area contributed by atoms with Crippen LogP contribution in [0.1, 0.15) is 29.2 Å². The number of amidine groups is 1. The van der Waals surface area contributed by atoms with Crippen molar-refractivity contribution in [3.63, 3.8) is 0 Å². The van der Waals surface area contributed by atoms with E-state index in [1.807, 2.05) is 23.1 Å². The number of aliphatic imine (C=N–C) groups is 1. The average molecular weight is 348 g/mol. The molecule has 25 heavy (non-hydrogen) atoms. The van der Waals surface area contributed by atoms with E-state index >= 15 is 0 Å². The van der Waals surface area contributed by atoms with Crippen molar-refractivity contribution in [1.82, 2.24) is 4.90 Å². The number of benzene rings is 2. The molecule has 0 spiro atoms. The van der Waals surface area contributed by atoms with Crippen LogP contribution in [0.2, 0.25) is 0 Å². The van der Waals surface area contributed by atoms with Crippen LogP contribution in [0.5, 0.6) is 5.75 Å². The van der Waals surface area contributed by atoms with E-state index in [0.29, 0.717) is 5.75 Å². The van der Waals surface area contributed by atoms with E-state index in [1.165, 1.54) is 28.5 Å². The molecule has 2 aromatic rings. The van der Waals surface area contributed by atoms with Crippen molar-refractivity contribution in [2.75, 3.05) is 5.75 Å². The van der Waals surface area contributed by atoms with Crippen LogP contribution in [-0.2, 0) is 11.2 Å². The second-order valence-electron chi connectivity index (χ2n) is 6.47. The fraction of sp³-hybridized carbons (Fsp3) is 0.200. The third-order valence-corrected chi connectivity index (χ3v) is 5.98. The first kappa shape index (κ1) is 14.8. The highest BCUT2D eigenvalue weighted by atomic mass is 32.2. The van der Waals surface area contributed by atoms with Crippen molar-refractivity contribution < 1.29 is 9.90 Å². The van der Waals surface area contributed by atoms with Crippen LogP contribution in [-0.4, -0.2) is 26.8 Å². The van der Waals surface area contributed by atoms with Crippen LogP contribution in [0.15, 0.2) is 59.1 Å². The summed E-state index contributed by atoms with van der Waals surface area (Å²) in [5.74, 6) is 0.779. The maximum atomic E-state index is 12.5. The molecular formula is C20H16N2O2S. The summed E-state index contributed by atoms with van der Waals surface area (Å²) in [6.07, 6.45) is 1.85. The molecule has 1 atom stereocenters. The fourth-order valence-corrected chi connectivity index (χ4v) is 4.79. The summed E-state index contributed by atoms with van der Waals surface area (Å²) in [6.45, 7) is 0. The Morgan fingerprint density at radius 3 is 2.72 bits per heavy atom. The van der Waals surface area contributed by atoms with Gasteiger partial charge in [0, 0.05) is 5.56 Å². The van der Waals surface area contributed by atoms with Crippen LogP contribution in [0, 0.1) is 0 Å². The fourth-order valence-electron chi connectivity index (χ4n) is 3.90. The molecule has 1 fully saturated rings. The summed E-state index contributed by atoms with van der Waals surface area (Å²) in [6, 6.07) is 15.5. The highest BCUT2D eigenvalue weighted by Gasteiger charge is 2.42. The largest absolute Gasteiger partial charge is 0.508 e. The Bertz CT molecular complexity index is 946. The van der Waals surface area contributed by atoms with E-state index < -0.39 is 0 Å². The monoisotopic (exact) mass is 348 g/mol. The van der Waals surface area contributed by atoms with Gasteiger partial charge in [0.1, 0.15) is 5.75 Å². The van der Waals surface area contributed by atoms with Gasteiger partial charge in [0.25, 0.3) is 0 Å². The highest BCUT2D eigenvalue weighted by molar-refractivity contribution is 8.15. The van der Waals surface area contributed by atoms with Crippen LogP contribution in [0.3, 0.4) is 0 Å². The molecule has 1 unspecified atom stereocenters. The molecule has 1 saturated heterocycles. The Balaban J connectivity index is 1.73. The number of fused-ring (bicyclic) bond motifs is 3. The molecule has 1 aliphatic carbocycles. The number of aromatic hydroxyl groups is 1. The lowest BCUT2D eigenvalue weighted by Crippen LogP contribution is -2.38. The van der Waals surface area contributed by atoms with E-state index in [4.69, 9.17) is 4.99 Å². The molecule has 0 radical (unpaired) electrons. The van der Waals surface area contributed by atoms with Crippen molar-refractivity contribution >= 4 is 28.5 Å². The number of phenols is 1. The minimum Gasteiger partial charge on any atom is -0.508 e. The predicted molar refractivity (Wildman–Crippen MR) is 99.3 cm³/mol. The zero-order valence-corrected chi connectivity index (χ0v) is 14.3. The lowest BCUT2D eigenvalue weighted by Gasteiger charge is -2.37. The minimum absolute atomic E-state index is 0.104. The normalized spacial score (nSPS) is 21.6. The second-order valence-corrected chi connectivity index (χ2v) is 7.41. The SMILES string of the molecule is O=C1CSC2=NC3=C(CCc4ccccc43)C(c3ccc(O)cc3)N12. The van der Waals surface area contributed by atoms with Gasteiger partial charge in [0.15, 0.2) is 5.17 Å². The van der Waals surface area contributed by atoms with Crippen LogP contribution >= 0.6 is 11.8 Å². The zero-order chi connectivity index (χ0) is 17.0. The molecule has 2 aliphatic heterocycles. The first-order valence-corrected chi connectivity index (χ1v) is 9.35. The van der Waals surface area contributed by atoms with Gasteiger partial charge in [-0.25, -0.2) is 4.99 Å². The number of rotatable bonds is 1. The average Bonchev–Trinajstić information content (AvgIpc) is 3.01. The van der Waals surface area contributed by atoms with Gasteiger partial charge in [-0.15, -0.1) is 0 Å². The van der Waals surface area contributed by atoms with E-state index in [0.717, 1.165) is 29.3 Å². The van der Waals surface area contributed by atoms with Gasteiger partial charge in [0.2, 0.25) is 5.91 Å². The highest BCUT2D eigenvalue weighted by Crippen LogP contribution is 2.47. The molecule has 0 aromatic heterocycles. The molecule has 1 N–H and O–H groups in total. The third kappa shape index (κ3) is 2.23. The van der Waals surface area contributed by atoms with Gasteiger partial charge in [-0.05, 0) is 41.7 Å². The summed E-state index contributed by atoms with van der Waals surface area (Å²) >= 11 is 1.51. The van der Waals surface area contributed by atoms with Crippen molar-refractivity contribution in [1.29, 1.82) is 0 Å². The molecule has 5 rings (SSSR count). The van der Waals surface area contributed by atoms with E-state index in [1.54, 1.807) is 12.1 Å². The Hall–Kier alpha value is -2.53. The van der Waals surface area contributed by atoms with E-state index in [-0.39, 0.29) is 17.7 Å². The predicted octanol–water partition coefficient (Wildman–Crippen LogP) is 3.74. The smallest absolute Gasteiger partial charge is 0.239 e. The Morgan fingerprint density at radius 1 is 1.08 bits per heavy atom. The van der Waals surface area contributed by atoms with E-state index in [9.17, 15) is 9.90 Å². The number of carbonyl (C=O) groups is 1. The molecule has 0 bridgehead atoms. The number of phenolic OH excluding ortho intramolecular Hbond substituents is 1. The molecule has 5 heteroatoms. The number of thioether (sulfide) groups is 1. The number of nitrogens with zero attached hydrogens (tertiary/aromatic N) is 2. The van der Waals surface area contributed by atoms with Gasteiger partial charge in [0.05, 0.1) is 17.5 Å². The summed E-state index contributed by atoms with van der Waals surface area (Å²) in [5, 5.41) is 10.4. The van der Waals surface area contributed by atoms with Gasteiger partial charge in [-0.1, -0.05) is 48.2 Å². The number of hydrogen-bond acceptors (Lipinski definition) is 4. The van der Waals surface area contributed by atoms with Crippen LogP contribution < -0.4 is 0 Å². The van der Waals surface area contributed by atoms with Gasteiger partial charge >= 0.3 is 0 Å². The summed E-state index contributed by atoms with van der Waals surface area (Å²) in [4.78, 5) is 19.2. The molecule has 2 aromatic carbocycles. The Morgan fingerprint density at radius 2 is 1.88 bits per heavy atom. The summed E-state index contributed by atoms with van der Waals surface area (Å²) < 4.78 is 0. The van der Waals surface area contributed by atoms with Crippen molar-refractivity contribution in [3.05, 3.63) is 70.8 Å². The topological polar surface area (TPSA) is 52.9 Å². The molecular weight excluding hydrogens is 332 g/mol. The zero-order valence-electron chi connectivity index (χ0n) is 13.5. The molecule has 2 heterocycles. The molecule has 1 amide bonds. The van der Waals surface area contributed by atoms with Gasteiger partial charge < -0.3 is 5.11 Å². The number of amides is 1. The minimum atomic E-state index is -0.126. The molecule has 124 valence electrons. The number of aryl methyl sites for hydroxylation is 1. The third-order valence-electron chi connectivity index (χ3n) is 5.04. The molecule has 4 nitrogen and oxygen atoms in total. The quantitative estimate of drug-likeness (QED) is 0.854. The van der Waals surface area contributed by atoms with Crippen molar-refractivity contribution in [2.45, 2.75) is 18.9 Å². The maximum absolute atomic E-state index is 12.5. The summed E-state index contributed by atoms with van der Waals surface area (Å²) in [5.41, 5.74) is 5.74. The maximum Gasteiger partial charge on any atom is 0.239 e. The standard InChI is InChI=1S/C20H16N2O2S/c23-14-8-5-13(6-9-14)19-16-10-7-12-3-1-2-4-15(12)18(16)21-20-22(19)17(24)11-25-20/h1-6,8-9,19,23H,7,10-11H2. The first-order chi connectivity index (χ1) is 12.2. The van der Waals surface area contributed by atoms with Gasteiger partial charge in [-0.3, -0.25) is 9.69 Å². The van der Waals surface area contributed by atoms with Crippen molar-refractivity contribution in [3.8, 4) is 5.75 Å². The first-order valence-electron chi connectivity index (χ1n) is 8.36. The number of hydrogen-bond donors (Lipinski definition) is 1. The van der Waals surface area contributed by atoms with Crippen LogP contribution in [0.25, 0.3) is 5.70 Å².